The maximum atomic E-state index is 12.3. The standard InChI is InChI=1S/C18H13ClN2O2/c19-17-14(9-6-12-20-17)18(22)21-15-10-4-5-11-16(15)23-13-7-2-1-3-8-13/h1-12H,(H,21,22). The zero-order valence-electron chi connectivity index (χ0n) is 12.1. The normalized spacial score (nSPS) is 10.1. The summed E-state index contributed by atoms with van der Waals surface area (Å²) in [6, 6.07) is 19.8. The van der Waals surface area contributed by atoms with Crippen molar-refractivity contribution in [1.82, 2.24) is 4.98 Å². The molecule has 3 rings (SSSR count). The van der Waals surface area contributed by atoms with E-state index in [0.29, 0.717) is 22.7 Å². The minimum absolute atomic E-state index is 0.159. The van der Waals surface area contributed by atoms with E-state index in [1.165, 1.54) is 6.20 Å². The van der Waals surface area contributed by atoms with Crippen LogP contribution in [0.2, 0.25) is 5.15 Å². The molecule has 3 aromatic rings. The van der Waals surface area contributed by atoms with E-state index in [1.54, 1.807) is 24.3 Å². The zero-order valence-corrected chi connectivity index (χ0v) is 12.8. The number of ether oxygens (including phenoxy) is 1. The molecular weight excluding hydrogens is 312 g/mol. The number of nitrogens with one attached hydrogen (secondary N) is 1. The van der Waals surface area contributed by atoms with Gasteiger partial charge in [0.25, 0.3) is 5.91 Å². The number of pyridine rings is 1. The first kappa shape index (κ1) is 15.1. The van der Waals surface area contributed by atoms with Gasteiger partial charge in [-0.05, 0) is 36.4 Å². The fourth-order valence-corrected chi connectivity index (χ4v) is 2.22. The third-order valence-electron chi connectivity index (χ3n) is 3.11. The molecule has 0 radical (unpaired) electrons. The second-order valence-corrected chi connectivity index (χ2v) is 5.07. The monoisotopic (exact) mass is 324 g/mol. The third kappa shape index (κ3) is 3.67. The molecule has 0 bridgehead atoms. The number of anilines is 1. The number of para-hydroxylation sites is 3. The van der Waals surface area contributed by atoms with Crippen molar-refractivity contribution in [3.05, 3.63) is 83.6 Å². The van der Waals surface area contributed by atoms with Gasteiger partial charge in [-0.2, -0.15) is 0 Å². The van der Waals surface area contributed by atoms with Gasteiger partial charge in [-0.3, -0.25) is 4.79 Å². The van der Waals surface area contributed by atoms with Crippen LogP contribution in [0.1, 0.15) is 10.4 Å². The van der Waals surface area contributed by atoms with Gasteiger partial charge >= 0.3 is 0 Å². The molecule has 0 saturated heterocycles. The van der Waals surface area contributed by atoms with Crippen molar-refractivity contribution >= 4 is 23.2 Å². The van der Waals surface area contributed by atoms with Crippen LogP contribution in [0.4, 0.5) is 5.69 Å². The van der Waals surface area contributed by atoms with Gasteiger partial charge in [0.1, 0.15) is 10.9 Å². The van der Waals surface area contributed by atoms with Gasteiger partial charge in [0, 0.05) is 6.20 Å². The lowest BCUT2D eigenvalue weighted by atomic mass is 10.2. The molecule has 0 aliphatic heterocycles. The summed E-state index contributed by atoms with van der Waals surface area (Å²) in [5, 5.41) is 2.96. The number of carbonyl (C=O) groups is 1. The largest absolute Gasteiger partial charge is 0.455 e. The Labute approximate surface area is 138 Å². The number of nitrogens with zero attached hydrogens (tertiary/aromatic N) is 1. The SMILES string of the molecule is O=C(Nc1ccccc1Oc1ccccc1)c1cccnc1Cl. The molecule has 1 amide bonds. The zero-order chi connectivity index (χ0) is 16.1. The Morgan fingerprint density at radius 1 is 0.957 bits per heavy atom. The van der Waals surface area contributed by atoms with Gasteiger partial charge in [-0.15, -0.1) is 0 Å². The molecule has 2 aromatic carbocycles. The summed E-state index contributed by atoms with van der Waals surface area (Å²) >= 11 is 5.95. The highest BCUT2D eigenvalue weighted by Crippen LogP contribution is 2.29. The summed E-state index contributed by atoms with van der Waals surface area (Å²) in [6.45, 7) is 0. The molecule has 23 heavy (non-hydrogen) atoms. The number of rotatable bonds is 4. The average Bonchev–Trinajstić information content (AvgIpc) is 2.58. The Kier molecular flexibility index (Phi) is 4.54. The Hall–Kier alpha value is -2.85. The van der Waals surface area contributed by atoms with Crippen LogP contribution in [0.25, 0.3) is 0 Å². The first-order chi connectivity index (χ1) is 11.2. The molecule has 0 fully saturated rings. The van der Waals surface area contributed by atoms with E-state index < -0.39 is 0 Å². The van der Waals surface area contributed by atoms with Crippen molar-refractivity contribution in [3.63, 3.8) is 0 Å². The van der Waals surface area contributed by atoms with E-state index in [9.17, 15) is 4.79 Å². The molecule has 0 saturated carbocycles. The molecule has 1 heterocycles. The highest BCUT2D eigenvalue weighted by Gasteiger charge is 2.13. The van der Waals surface area contributed by atoms with Gasteiger partial charge in [0.15, 0.2) is 5.75 Å². The van der Waals surface area contributed by atoms with Gasteiger partial charge in [-0.25, -0.2) is 4.98 Å². The van der Waals surface area contributed by atoms with Crippen LogP contribution in [-0.2, 0) is 0 Å². The first-order valence-corrected chi connectivity index (χ1v) is 7.35. The van der Waals surface area contributed by atoms with E-state index in [1.807, 2.05) is 42.5 Å². The van der Waals surface area contributed by atoms with E-state index in [-0.39, 0.29) is 11.1 Å². The summed E-state index contributed by atoms with van der Waals surface area (Å²) in [6.07, 6.45) is 1.53. The summed E-state index contributed by atoms with van der Waals surface area (Å²) in [7, 11) is 0. The van der Waals surface area contributed by atoms with Crippen molar-refractivity contribution in [1.29, 1.82) is 0 Å². The van der Waals surface area contributed by atoms with Gasteiger partial charge < -0.3 is 10.1 Å². The van der Waals surface area contributed by atoms with Gasteiger partial charge in [-0.1, -0.05) is 41.9 Å². The number of aromatic nitrogens is 1. The second kappa shape index (κ2) is 6.94. The third-order valence-corrected chi connectivity index (χ3v) is 3.41. The topological polar surface area (TPSA) is 51.2 Å². The number of amides is 1. The molecule has 0 atom stereocenters. The molecule has 114 valence electrons. The van der Waals surface area contributed by atoms with Crippen molar-refractivity contribution in [2.45, 2.75) is 0 Å². The Morgan fingerprint density at radius 2 is 1.70 bits per heavy atom. The van der Waals surface area contributed by atoms with E-state index in [2.05, 4.69) is 10.3 Å². The number of benzene rings is 2. The predicted molar refractivity (Wildman–Crippen MR) is 90.2 cm³/mol. The van der Waals surface area contributed by atoms with E-state index in [4.69, 9.17) is 16.3 Å². The van der Waals surface area contributed by atoms with Crippen LogP contribution in [0.15, 0.2) is 72.9 Å². The summed E-state index contributed by atoms with van der Waals surface area (Å²) in [4.78, 5) is 16.3. The fraction of sp³-hybridized carbons (Fsp3) is 0. The minimum Gasteiger partial charge on any atom is -0.455 e. The Morgan fingerprint density at radius 3 is 2.48 bits per heavy atom. The summed E-state index contributed by atoms with van der Waals surface area (Å²) in [5.41, 5.74) is 0.866. The maximum absolute atomic E-state index is 12.3. The first-order valence-electron chi connectivity index (χ1n) is 6.98. The number of halogens is 1. The van der Waals surface area contributed by atoms with Crippen molar-refractivity contribution in [2.24, 2.45) is 0 Å². The van der Waals surface area contributed by atoms with E-state index in [0.717, 1.165) is 0 Å². The molecule has 4 nitrogen and oxygen atoms in total. The fourth-order valence-electron chi connectivity index (χ4n) is 2.02. The average molecular weight is 325 g/mol. The highest BCUT2D eigenvalue weighted by atomic mass is 35.5. The van der Waals surface area contributed by atoms with Crippen molar-refractivity contribution in [3.8, 4) is 11.5 Å². The molecule has 1 aromatic heterocycles. The summed E-state index contributed by atoms with van der Waals surface area (Å²) in [5.74, 6) is 0.896. The molecule has 1 N–H and O–H groups in total. The lowest BCUT2D eigenvalue weighted by Crippen LogP contribution is -2.13. The van der Waals surface area contributed by atoms with Crippen LogP contribution in [0.3, 0.4) is 0 Å². The smallest absolute Gasteiger partial charge is 0.258 e. The number of hydrogen-bond acceptors (Lipinski definition) is 3. The number of carbonyl (C=O) groups excluding carboxylic acids is 1. The van der Waals surface area contributed by atoms with Gasteiger partial charge in [0.2, 0.25) is 0 Å². The second-order valence-electron chi connectivity index (χ2n) is 4.71. The van der Waals surface area contributed by atoms with Crippen molar-refractivity contribution in [2.75, 3.05) is 5.32 Å². The Bertz CT molecular complexity index is 822. The van der Waals surface area contributed by atoms with Crippen LogP contribution in [0, 0.1) is 0 Å². The molecule has 0 unspecified atom stereocenters. The maximum Gasteiger partial charge on any atom is 0.258 e. The highest BCUT2D eigenvalue weighted by molar-refractivity contribution is 6.33. The van der Waals surface area contributed by atoms with Crippen LogP contribution in [-0.4, -0.2) is 10.9 Å². The lowest BCUT2D eigenvalue weighted by Gasteiger charge is -2.12. The molecule has 0 aliphatic rings. The van der Waals surface area contributed by atoms with Crippen LogP contribution >= 0.6 is 11.6 Å². The predicted octanol–water partition coefficient (Wildman–Crippen LogP) is 4.78. The molecule has 0 aliphatic carbocycles. The van der Waals surface area contributed by atoms with Crippen LogP contribution < -0.4 is 10.1 Å². The molecule has 5 heteroatoms. The Balaban J connectivity index is 1.84. The van der Waals surface area contributed by atoms with Gasteiger partial charge in [0.05, 0.1) is 11.3 Å². The van der Waals surface area contributed by atoms with E-state index >= 15 is 0 Å². The summed E-state index contributed by atoms with van der Waals surface area (Å²) < 4.78 is 5.81. The lowest BCUT2D eigenvalue weighted by molar-refractivity contribution is 0.102. The van der Waals surface area contributed by atoms with Crippen LogP contribution in [0.5, 0.6) is 11.5 Å². The van der Waals surface area contributed by atoms with Crippen molar-refractivity contribution < 1.29 is 9.53 Å². The number of hydrogen-bond donors (Lipinski definition) is 1. The molecule has 0 spiro atoms. The quantitative estimate of drug-likeness (QED) is 0.703. The molecular formula is C18H13ClN2O2. The minimum atomic E-state index is -0.341.